The fraction of sp³-hybridized carbons (Fsp3) is 0.364. The van der Waals surface area contributed by atoms with Crippen LogP contribution in [0.4, 0.5) is 0 Å². The normalized spacial score (nSPS) is 9.80. The van der Waals surface area contributed by atoms with Crippen LogP contribution in [0, 0.1) is 6.92 Å². The quantitative estimate of drug-likeness (QED) is 0.820. The summed E-state index contributed by atoms with van der Waals surface area (Å²) in [5.41, 5.74) is 1.57. The van der Waals surface area contributed by atoms with Crippen LogP contribution < -0.4 is 9.47 Å². The van der Waals surface area contributed by atoms with E-state index in [9.17, 15) is 4.79 Å². The molecule has 0 unspecified atom stereocenters. The Morgan fingerprint density at radius 1 is 1.33 bits per heavy atom. The second-order valence-electron chi connectivity index (χ2n) is 3.22. The van der Waals surface area contributed by atoms with Gasteiger partial charge >= 0.3 is 5.97 Å². The molecule has 0 aromatic heterocycles. The van der Waals surface area contributed by atoms with E-state index in [1.807, 2.05) is 6.92 Å². The highest BCUT2D eigenvalue weighted by Crippen LogP contribution is 2.31. The van der Waals surface area contributed by atoms with E-state index in [4.69, 9.17) is 14.6 Å². The van der Waals surface area contributed by atoms with Crippen molar-refractivity contribution < 1.29 is 19.4 Å². The third kappa shape index (κ3) is 2.62. The van der Waals surface area contributed by atoms with Crippen molar-refractivity contribution in [3.8, 4) is 11.5 Å². The first-order chi connectivity index (χ1) is 7.08. The number of methoxy groups -OCH3 is 2. The molecule has 1 aromatic rings. The lowest BCUT2D eigenvalue weighted by Gasteiger charge is -2.11. The van der Waals surface area contributed by atoms with E-state index in [0.717, 1.165) is 5.56 Å². The molecule has 0 radical (unpaired) electrons. The molecule has 0 amide bonds. The molecule has 1 N–H and O–H groups in total. The predicted octanol–water partition coefficient (Wildman–Crippen LogP) is 1.64. The summed E-state index contributed by atoms with van der Waals surface area (Å²) < 4.78 is 10.3. The monoisotopic (exact) mass is 210 g/mol. The lowest BCUT2D eigenvalue weighted by Crippen LogP contribution is -2.02. The van der Waals surface area contributed by atoms with Crippen LogP contribution in [0.25, 0.3) is 0 Å². The first-order valence-electron chi connectivity index (χ1n) is 4.51. The lowest BCUT2D eigenvalue weighted by molar-refractivity contribution is -0.136. The number of aryl methyl sites for hydroxylation is 1. The molecule has 0 fully saturated rings. The van der Waals surface area contributed by atoms with Crippen molar-refractivity contribution in [1.29, 1.82) is 0 Å². The van der Waals surface area contributed by atoms with Crippen molar-refractivity contribution in [1.82, 2.24) is 0 Å². The number of carbonyl (C=O) groups is 1. The Labute approximate surface area is 88.4 Å². The molecule has 0 aliphatic heterocycles. The number of aliphatic carboxylic acids is 1. The molecule has 0 aliphatic rings. The van der Waals surface area contributed by atoms with Crippen molar-refractivity contribution in [2.24, 2.45) is 0 Å². The van der Waals surface area contributed by atoms with Crippen LogP contribution in [-0.4, -0.2) is 25.3 Å². The van der Waals surface area contributed by atoms with E-state index in [2.05, 4.69) is 0 Å². The average Bonchev–Trinajstić information content (AvgIpc) is 2.15. The van der Waals surface area contributed by atoms with Gasteiger partial charge in [-0.2, -0.15) is 0 Å². The Morgan fingerprint density at radius 3 is 2.47 bits per heavy atom. The molecular weight excluding hydrogens is 196 g/mol. The number of carboxylic acid groups (broad SMARTS) is 1. The van der Waals surface area contributed by atoms with Crippen LogP contribution in [-0.2, 0) is 11.2 Å². The number of carboxylic acids is 1. The summed E-state index contributed by atoms with van der Waals surface area (Å²) in [6.45, 7) is 1.85. The van der Waals surface area contributed by atoms with E-state index < -0.39 is 5.97 Å². The van der Waals surface area contributed by atoms with Gasteiger partial charge in [0, 0.05) is 0 Å². The van der Waals surface area contributed by atoms with Gasteiger partial charge in [-0.1, -0.05) is 6.07 Å². The molecule has 4 heteroatoms. The van der Waals surface area contributed by atoms with Gasteiger partial charge in [-0.15, -0.1) is 0 Å². The van der Waals surface area contributed by atoms with Crippen LogP contribution in [0.5, 0.6) is 11.5 Å². The minimum atomic E-state index is -0.860. The third-order valence-corrected chi connectivity index (χ3v) is 2.08. The molecule has 1 aromatic carbocycles. The fourth-order valence-electron chi connectivity index (χ4n) is 1.50. The Balaban J connectivity index is 3.13. The van der Waals surface area contributed by atoms with Gasteiger partial charge in [-0.3, -0.25) is 4.79 Å². The maximum Gasteiger partial charge on any atom is 0.307 e. The summed E-state index contributed by atoms with van der Waals surface area (Å²) in [4.78, 5) is 10.6. The topological polar surface area (TPSA) is 55.8 Å². The van der Waals surface area contributed by atoms with Gasteiger partial charge in [0.2, 0.25) is 0 Å². The maximum atomic E-state index is 10.6. The van der Waals surface area contributed by atoms with Crippen molar-refractivity contribution >= 4 is 5.97 Å². The molecule has 15 heavy (non-hydrogen) atoms. The van der Waals surface area contributed by atoms with E-state index >= 15 is 0 Å². The Hall–Kier alpha value is -1.71. The molecular formula is C11H14O4. The Bertz CT molecular complexity index is 371. The molecule has 0 heterocycles. The van der Waals surface area contributed by atoms with Crippen LogP contribution in [0.1, 0.15) is 11.1 Å². The SMILES string of the molecule is COc1cc(CC(=O)O)cc(C)c1OC. The molecule has 0 saturated heterocycles. The van der Waals surface area contributed by atoms with Crippen LogP contribution in [0.15, 0.2) is 12.1 Å². The second-order valence-corrected chi connectivity index (χ2v) is 3.22. The van der Waals surface area contributed by atoms with Crippen LogP contribution >= 0.6 is 0 Å². The van der Waals surface area contributed by atoms with Crippen molar-refractivity contribution in [3.05, 3.63) is 23.3 Å². The predicted molar refractivity (Wildman–Crippen MR) is 55.6 cm³/mol. The zero-order chi connectivity index (χ0) is 11.4. The molecule has 1 rings (SSSR count). The van der Waals surface area contributed by atoms with Gasteiger partial charge in [-0.25, -0.2) is 0 Å². The number of ether oxygens (including phenoxy) is 2. The summed E-state index contributed by atoms with van der Waals surface area (Å²) >= 11 is 0. The molecule has 0 spiro atoms. The van der Waals surface area contributed by atoms with Gasteiger partial charge < -0.3 is 14.6 Å². The molecule has 82 valence electrons. The van der Waals surface area contributed by atoms with Gasteiger partial charge in [0.15, 0.2) is 11.5 Å². The fourth-order valence-corrected chi connectivity index (χ4v) is 1.50. The molecule has 0 bridgehead atoms. The van der Waals surface area contributed by atoms with Crippen molar-refractivity contribution in [2.75, 3.05) is 14.2 Å². The minimum Gasteiger partial charge on any atom is -0.493 e. The number of benzene rings is 1. The molecule has 0 aliphatic carbocycles. The largest absolute Gasteiger partial charge is 0.493 e. The highest BCUT2D eigenvalue weighted by atomic mass is 16.5. The van der Waals surface area contributed by atoms with Crippen LogP contribution in [0.2, 0.25) is 0 Å². The summed E-state index contributed by atoms with van der Waals surface area (Å²) in [5, 5.41) is 8.68. The molecule has 0 saturated carbocycles. The van der Waals surface area contributed by atoms with Gasteiger partial charge in [-0.05, 0) is 24.1 Å². The average molecular weight is 210 g/mol. The zero-order valence-corrected chi connectivity index (χ0v) is 9.03. The van der Waals surface area contributed by atoms with E-state index in [1.165, 1.54) is 7.11 Å². The Kier molecular flexibility index (Phi) is 3.55. The Morgan fingerprint density at radius 2 is 2.00 bits per heavy atom. The van der Waals surface area contributed by atoms with Gasteiger partial charge in [0.1, 0.15) is 0 Å². The van der Waals surface area contributed by atoms with E-state index in [1.54, 1.807) is 19.2 Å². The first-order valence-corrected chi connectivity index (χ1v) is 4.51. The van der Waals surface area contributed by atoms with Crippen LogP contribution in [0.3, 0.4) is 0 Å². The lowest BCUT2D eigenvalue weighted by atomic mass is 10.1. The highest BCUT2D eigenvalue weighted by Gasteiger charge is 2.10. The van der Waals surface area contributed by atoms with Crippen molar-refractivity contribution in [3.63, 3.8) is 0 Å². The third-order valence-electron chi connectivity index (χ3n) is 2.08. The summed E-state index contributed by atoms with van der Waals surface area (Å²) in [6, 6.07) is 3.47. The number of hydrogen-bond donors (Lipinski definition) is 1. The minimum absolute atomic E-state index is 0.0127. The maximum absolute atomic E-state index is 10.6. The summed E-state index contributed by atoms with van der Waals surface area (Å²) in [7, 11) is 3.09. The molecule has 0 atom stereocenters. The second kappa shape index (κ2) is 4.68. The standard InChI is InChI=1S/C11H14O4/c1-7-4-8(6-10(12)13)5-9(14-2)11(7)15-3/h4-5H,6H2,1-3H3,(H,12,13). The number of hydrogen-bond acceptors (Lipinski definition) is 3. The first kappa shape index (κ1) is 11.4. The van der Waals surface area contributed by atoms with Gasteiger partial charge in [0.05, 0.1) is 20.6 Å². The number of rotatable bonds is 4. The van der Waals surface area contributed by atoms with Crippen molar-refractivity contribution in [2.45, 2.75) is 13.3 Å². The highest BCUT2D eigenvalue weighted by molar-refractivity contribution is 5.71. The summed E-state index contributed by atoms with van der Waals surface area (Å²) in [6.07, 6.45) is -0.0127. The van der Waals surface area contributed by atoms with E-state index in [-0.39, 0.29) is 6.42 Å². The smallest absolute Gasteiger partial charge is 0.307 e. The molecule has 4 nitrogen and oxygen atoms in total. The van der Waals surface area contributed by atoms with E-state index in [0.29, 0.717) is 17.1 Å². The zero-order valence-electron chi connectivity index (χ0n) is 9.03. The summed E-state index contributed by atoms with van der Waals surface area (Å²) in [5.74, 6) is 0.349. The van der Waals surface area contributed by atoms with Gasteiger partial charge in [0.25, 0.3) is 0 Å².